The van der Waals surface area contributed by atoms with Crippen LogP contribution in [0.1, 0.15) is 5.56 Å². The molecular weight excluding hydrogens is 306 g/mol. The highest BCUT2D eigenvalue weighted by molar-refractivity contribution is 7.99. The second-order valence-electron chi connectivity index (χ2n) is 4.41. The molecule has 2 aromatic rings. The Hall–Kier alpha value is -2.54. The fourth-order valence-electron chi connectivity index (χ4n) is 1.86. The summed E-state index contributed by atoms with van der Waals surface area (Å²) in [4.78, 5) is 22.7. The molecular formula is C15H13NO5S. The Labute approximate surface area is 130 Å². The summed E-state index contributed by atoms with van der Waals surface area (Å²) in [5.74, 6) is -0.669. The fraction of sp³-hybridized carbons (Fsp3) is 0.133. The Bertz CT molecular complexity index is 700. The second-order valence-corrected chi connectivity index (χ2v) is 5.55. The van der Waals surface area contributed by atoms with E-state index in [1.54, 1.807) is 36.4 Å². The summed E-state index contributed by atoms with van der Waals surface area (Å²) in [6.45, 7) is 0. The van der Waals surface area contributed by atoms with Gasteiger partial charge in [0.2, 0.25) is 0 Å². The van der Waals surface area contributed by atoms with E-state index in [4.69, 9.17) is 9.84 Å². The number of rotatable bonds is 6. The van der Waals surface area contributed by atoms with Crippen LogP contribution >= 0.6 is 11.8 Å². The maximum absolute atomic E-state index is 11.0. The van der Waals surface area contributed by atoms with Gasteiger partial charge in [0, 0.05) is 15.9 Å². The Morgan fingerprint density at radius 1 is 1.23 bits per heavy atom. The first-order valence-electron chi connectivity index (χ1n) is 6.30. The first-order chi connectivity index (χ1) is 10.5. The van der Waals surface area contributed by atoms with Crippen LogP contribution in [-0.2, 0) is 11.2 Å². The third-order valence-corrected chi connectivity index (χ3v) is 3.86. The molecule has 2 rings (SSSR count). The van der Waals surface area contributed by atoms with Gasteiger partial charge in [-0.15, -0.1) is 0 Å². The number of nitrogens with zero attached hydrogens (tertiary/aromatic N) is 1. The number of aliphatic carboxylic acids is 1. The predicted octanol–water partition coefficient (Wildman–Crippen LogP) is 3.38. The second kappa shape index (κ2) is 6.95. The lowest BCUT2D eigenvalue weighted by Crippen LogP contribution is -1.99. The van der Waals surface area contributed by atoms with Crippen molar-refractivity contribution in [3.8, 4) is 5.75 Å². The normalized spacial score (nSPS) is 10.2. The zero-order chi connectivity index (χ0) is 16.1. The molecule has 0 aliphatic heterocycles. The number of nitro groups is 1. The fourth-order valence-corrected chi connectivity index (χ4v) is 2.71. The van der Waals surface area contributed by atoms with Gasteiger partial charge in [-0.25, -0.2) is 0 Å². The van der Waals surface area contributed by atoms with Gasteiger partial charge in [0.05, 0.1) is 18.5 Å². The maximum Gasteiger partial charge on any atom is 0.312 e. The quantitative estimate of drug-likeness (QED) is 0.648. The van der Waals surface area contributed by atoms with Gasteiger partial charge in [-0.1, -0.05) is 23.9 Å². The molecule has 0 heterocycles. The van der Waals surface area contributed by atoms with Crippen molar-refractivity contribution in [3.63, 3.8) is 0 Å². The Balaban J connectivity index is 2.18. The zero-order valence-corrected chi connectivity index (χ0v) is 12.5. The molecule has 0 aromatic heterocycles. The van der Waals surface area contributed by atoms with E-state index in [2.05, 4.69) is 0 Å². The number of nitro benzene ring substituents is 1. The molecule has 6 nitrogen and oxygen atoms in total. The van der Waals surface area contributed by atoms with E-state index in [0.717, 1.165) is 4.90 Å². The van der Waals surface area contributed by atoms with Crippen molar-refractivity contribution in [2.24, 2.45) is 0 Å². The number of methoxy groups -OCH3 is 1. The van der Waals surface area contributed by atoms with Gasteiger partial charge in [-0.2, -0.15) is 0 Å². The summed E-state index contributed by atoms with van der Waals surface area (Å²) in [6, 6.07) is 11.8. The smallest absolute Gasteiger partial charge is 0.312 e. The highest BCUT2D eigenvalue weighted by atomic mass is 32.2. The summed E-state index contributed by atoms with van der Waals surface area (Å²) >= 11 is 1.36. The highest BCUT2D eigenvalue weighted by Crippen LogP contribution is 2.35. The van der Waals surface area contributed by atoms with Gasteiger partial charge >= 0.3 is 11.7 Å². The Morgan fingerprint density at radius 3 is 2.41 bits per heavy atom. The Morgan fingerprint density at radius 2 is 1.86 bits per heavy atom. The lowest BCUT2D eigenvalue weighted by Gasteiger charge is -2.05. The lowest BCUT2D eigenvalue weighted by atomic mass is 10.2. The standard InChI is InChI=1S/C15H13NO5S/c1-21-14-7-6-12(9-13(14)16(19)20)22-11-4-2-10(3-5-11)8-15(17)18/h2-7,9H,8H2,1H3,(H,17,18). The van der Waals surface area contributed by atoms with Gasteiger partial charge in [0.1, 0.15) is 0 Å². The number of carboxylic acids is 1. The summed E-state index contributed by atoms with van der Waals surface area (Å²) in [5, 5.41) is 19.7. The van der Waals surface area contributed by atoms with Gasteiger partial charge < -0.3 is 9.84 Å². The number of hydrogen-bond acceptors (Lipinski definition) is 5. The van der Waals surface area contributed by atoms with Crippen LogP contribution in [0.4, 0.5) is 5.69 Å². The van der Waals surface area contributed by atoms with Crippen molar-refractivity contribution in [3.05, 3.63) is 58.1 Å². The summed E-state index contributed by atoms with van der Waals surface area (Å²) in [7, 11) is 1.39. The van der Waals surface area contributed by atoms with Gasteiger partial charge in [0.25, 0.3) is 0 Å². The zero-order valence-electron chi connectivity index (χ0n) is 11.7. The van der Waals surface area contributed by atoms with E-state index in [1.807, 2.05) is 0 Å². The molecule has 0 radical (unpaired) electrons. The summed E-state index contributed by atoms with van der Waals surface area (Å²) in [6.07, 6.45) is -0.0288. The van der Waals surface area contributed by atoms with Crippen molar-refractivity contribution in [2.75, 3.05) is 7.11 Å². The van der Waals surface area contributed by atoms with Crippen LogP contribution in [0.25, 0.3) is 0 Å². The van der Waals surface area contributed by atoms with Crippen LogP contribution in [0.2, 0.25) is 0 Å². The lowest BCUT2D eigenvalue weighted by molar-refractivity contribution is -0.386. The molecule has 0 aliphatic rings. The van der Waals surface area contributed by atoms with Crippen LogP contribution < -0.4 is 4.74 Å². The minimum absolute atomic E-state index is 0.0288. The number of carbonyl (C=O) groups is 1. The molecule has 0 saturated heterocycles. The van der Waals surface area contributed by atoms with Crippen molar-refractivity contribution in [2.45, 2.75) is 16.2 Å². The summed E-state index contributed by atoms with van der Waals surface area (Å²) < 4.78 is 4.96. The Kier molecular flexibility index (Phi) is 5.00. The molecule has 0 fully saturated rings. The molecule has 0 unspecified atom stereocenters. The van der Waals surface area contributed by atoms with Crippen LogP contribution in [-0.4, -0.2) is 23.1 Å². The molecule has 0 amide bonds. The van der Waals surface area contributed by atoms with Crippen molar-refractivity contribution < 1.29 is 19.6 Å². The van der Waals surface area contributed by atoms with E-state index >= 15 is 0 Å². The average molecular weight is 319 g/mol. The minimum atomic E-state index is -0.883. The van der Waals surface area contributed by atoms with E-state index < -0.39 is 10.9 Å². The van der Waals surface area contributed by atoms with Gasteiger partial charge in [-0.3, -0.25) is 14.9 Å². The molecule has 1 N–H and O–H groups in total. The molecule has 114 valence electrons. The van der Waals surface area contributed by atoms with Crippen LogP contribution in [0.3, 0.4) is 0 Å². The average Bonchev–Trinajstić information content (AvgIpc) is 2.48. The third-order valence-electron chi connectivity index (χ3n) is 2.86. The molecule has 22 heavy (non-hydrogen) atoms. The highest BCUT2D eigenvalue weighted by Gasteiger charge is 2.15. The number of hydrogen-bond donors (Lipinski definition) is 1. The van der Waals surface area contributed by atoms with E-state index in [0.29, 0.717) is 10.5 Å². The first kappa shape index (κ1) is 15.8. The van der Waals surface area contributed by atoms with E-state index in [1.165, 1.54) is 24.9 Å². The molecule has 0 aliphatic carbocycles. The first-order valence-corrected chi connectivity index (χ1v) is 7.12. The minimum Gasteiger partial charge on any atom is -0.490 e. The molecule has 0 bridgehead atoms. The van der Waals surface area contributed by atoms with Gasteiger partial charge in [-0.05, 0) is 29.8 Å². The monoisotopic (exact) mass is 319 g/mol. The predicted molar refractivity (Wildman–Crippen MR) is 81.6 cm³/mol. The van der Waals surface area contributed by atoms with Crippen LogP contribution in [0.15, 0.2) is 52.3 Å². The topological polar surface area (TPSA) is 89.7 Å². The SMILES string of the molecule is COc1ccc(Sc2ccc(CC(=O)O)cc2)cc1[N+](=O)[O-]. The van der Waals surface area contributed by atoms with Gasteiger partial charge in [0.15, 0.2) is 5.75 Å². The molecule has 0 atom stereocenters. The largest absolute Gasteiger partial charge is 0.490 e. The summed E-state index contributed by atoms with van der Waals surface area (Å²) in [5.41, 5.74) is 0.618. The maximum atomic E-state index is 11.0. The number of benzene rings is 2. The van der Waals surface area contributed by atoms with Crippen molar-refractivity contribution in [1.82, 2.24) is 0 Å². The van der Waals surface area contributed by atoms with Crippen LogP contribution in [0, 0.1) is 10.1 Å². The molecule has 2 aromatic carbocycles. The van der Waals surface area contributed by atoms with Crippen LogP contribution in [0.5, 0.6) is 5.75 Å². The van der Waals surface area contributed by atoms with E-state index in [-0.39, 0.29) is 17.9 Å². The van der Waals surface area contributed by atoms with Crippen molar-refractivity contribution >= 4 is 23.4 Å². The molecule has 0 saturated carbocycles. The molecule has 7 heteroatoms. The molecule has 0 spiro atoms. The van der Waals surface area contributed by atoms with Crippen molar-refractivity contribution in [1.29, 1.82) is 0 Å². The number of carboxylic acid groups (broad SMARTS) is 1. The third kappa shape index (κ3) is 3.98. The van der Waals surface area contributed by atoms with E-state index in [9.17, 15) is 14.9 Å². The number of ether oxygens (including phenoxy) is 1.